The van der Waals surface area contributed by atoms with Crippen molar-refractivity contribution >= 4 is 39.0 Å². The summed E-state index contributed by atoms with van der Waals surface area (Å²) in [5, 5.41) is 21.8. The van der Waals surface area contributed by atoms with Crippen LogP contribution in [0.2, 0.25) is 0 Å². The highest BCUT2D eigenvalue weighted by molar-refractivity contribution is 7.99. The highest BCUT2D eigenvalue weighted by Crippen LogP contribution is 2.37. The average molecular weight is 448 g/mol. The van der Waals surface area contributed by atoms with Crippen molar-refractivity contribution < 1.29 is 4.92 Å². The quantitative estimate of drug-likeness (QED) is 0.261. The standard InChI is InChI=1S/C21H13N5O3S2/c22-11-14-15(26(28)29)9-10-17(23-14)31-21-24-19-18(13-7-4-8-16(13)30-19)20(27)25(21)12-5-2-1-3-6-12/h1-3,5-6,9-10H,4,7-8H2. The van der Waals surface area contributed by atoms with Gasteiger partial charge >= 0.3 is 5.69 Å². The molecular formula is C21H13N5O3S2. The van der Waals surface area contributed by atoms with E-state index in [9.17, 15) is 20.2 Å². The van der Waals surface area contributed by atoms with Gasteiger partial charge in [-0.25, -0.2) is 9.97 Å². The fourth-order valence-electron chi connectivity index (χ4n) is 3.71. The molecule has 3 aromatic heterocycles. The summed E-state index contributed by atoms with van der Waals surface area (Å²) in [7, 11) is 0. The van der Waals surface area contributed by atoms with Crippen LogP contribution in [-0.4, -0.2) is 19.5 Å². The molecule has 1 aliphatic carbocycles. The lowest BCUT2D eigenvalue weighted by Gasteiger charge is -2.12. The molecule has 1 aromatic carbocycles. The maximum absolute atomic E-state index is 13.6. The molecule has 0 amide bonds. The zero-order chi connectivity index (χ0) is 21.5. The van der Waals surface area contributed by atoms with E-state index >= 15 is 0 Å². The number of nitro groups is 1. The van der Waals surface area contributed by atoms with Gasteiger partial charge in [-0.15, -0.1) is 11.3 Å². The Balaban J connectivity index is 1.71. The van der Waals surface area contributed by atoms with Crippen molar-refractivity contribution in [2.24, 2.45) is 0 Å². The maximum atomic E-state index is 13.6. The largest absolute Gasteiger partial charge is 0.305 e. The average Bonchev–Trinajstić information content (AvgIpc) is 3.35. The molecule has 0 atom stereocenters. The number of hydrogen-bond acceptors (Lipinski definition) is 8. The molecule has 4 aromatic rings. The summed E-state index contributed by atoms with van der Waals surface area (Å²) in [6.07, 6.45) is 2.88. The minimum absolute atomic E-state index is 0.138. The zero-order valence-corrected chi connectivity index (χ0v) is 17.6. The molecule has 152 valence electrons. The molecule has 0 saturated heterocycles. The number of nitrogens with zero attached hydrogens (tertiary/aromatic N) is 5. The summed E-state index contributed by atoms with van der Waals surface area (Å²) in [6, 6.07) is 13.7. The number of thiophene rings is 1. The van der Waals surface area contributed by atoms with E-state index in [2.05, 4.69) is 4.98 Å². The second-order valence-corrected chi connectivity index (χ2v) is 8.97. The molecule has 0 spiro atoms. The van der Waals surface area contributed by atoms with Crippen LogP contribution in [0.5, 0.6) is 0 Å². The smallest absolute Gasteiger partial charge is 0.268 e. The molecule has 0 N–H and O–H groups in total. The van der Waals surface area contributed by atoms with E-state index in [0.29, 0.717) is 26.1 Å². The van der Waals surface area contributed by atoms with Crippen molar-refractivity contribution in [3.63, 3.8) is 0 Å². The molecule has 31 heavy (non-hydrogen) atoms. The number of hydrogen-bond donors (Lipinski definition) is 0. The summed E-state index contributed by atoms with van der Waals surface area (Å²) in [5.41, 5.74) is 0.995. The van der Waals surface area contributed by atoms with Crippen molar-refractivity contribution in [1.82, 2.24) is 14.5 Å². The Kier molecular flexibility index (Phi) is 4.77. The third-order valence-corrected chi connectivity index (χ3v) is 7.15. The first kappa shape index (κ1) is 19.4. The van der Waals surface area contributed by atoms with Crippen molar-refractivity contribution in [3.8, 4) is 11.8 Å². The van der Waals surface area contributed by atoms with E-state index in [1.807, 2.05) is 30.3 Å². The van der Waals surface area contributed by atoms with Gasteiger partial charge in [-0.05, 0) is 54.8 Å². The Bertz CT molecular complexity index is 1450. The maximum Gasteiger partial charge on any atom is 0.305 e. The second kappa shape index (κ2) is 7.61. The Hall–Kier alpha value is -3.55. The van der Waals surface area contributed by atoms with Crippen molar-refractivity contribution in [2.75, 3.05) is 0 Å². The normalized spacial score (nSPS) is 12.6. The van der Waals surface area contributed by atoms with Crippen LogP contribution in [0.1, 0.15) is 22.6 Å². The van der Waals surface area contributed by atoms with Gasteiger partial charge in [0.05, 0.1) is 16.0 Å². The Morgan fingerprint density at radius 1 is 1.16 bits per heavy atom. The highest BCUT2D eigenvalue weighted by atomic mass is 32.2. The molecule has 0 aliphatic heterocycles. The van der Waals surface area contributed by atoms with E-state index in [0.717, 1.165) is 36.6 Å². The lowest BCUT2D eigenvalue weighted by molar-refractivity contribution is -0.385. The van der Waals surface area contributed by atoms with Gasteiger partial charge in [0.1, 0.15) is 15.9 Å². The van der Waals surface area contributed by atoms with E-state index in [1.165, 1.54) is 17.0 Å². The molecule has 0 bridgehead atoms. The van der Waals surface area contributed by atoms with Gasteiger partial charge in [0, 0.05) is 10.9 Å². The first-order valence-corrected chi connectivity index (χ1v) is 11.1. The molecule has 0 saturated carbocycles. The Morgan fingerprint density at radius 3 is 2.71 bits per heavy atom. The fourth-order valence-corrected chi connectivity index (χ4v) is 5.90. The monoisotopic (exact) mass is 447 g/mol. The molecule has 0 fully saturated rings. The van der Waals surface area contributed by atoms with E-state index in [1.54, 1.807) is 22.0 Å². The van der Waals surface area contributed by atoms with Crippen LogP contribution in [0.25, 0.3) is 15.9 Å². The van der Waals surface area contributed by atoms with E-state index in [-0.39, 0.29) is 16.9 Å². The molecule has 10 heteroatoms. The number of aromatic nitrogens is 3. The van der Waals surface area contributed by atoms with Gasteiger partial charge in [0.15, 0.2) is 5.16 Å². The fraction of sp³-hybridized carbons (Fsp3) is 0.143. The van der Waals surface area contributed by atoms with Crippen LogP contribution in [-0.2, 0) is 12.8 Å². The summed E-state index contributed by atoms with van der Waals surface area (Å²) in [4.78, 5) is 34.8. The van der Waals surface area contributed by atoms with Crippen LogP contribution in [0.4, 0.5) is 5.69 Å². The van der Waals surface area contributed by atoms with Gasteiger partial charge in [-0.1, -0.05) is 18.2 Å². The first-order valence-electron chi connectivity index (χ1n) is 9.43. The zero-order valence-electron chi connectivity index (χ0n) is 15.9. The Morgan fingerprint density at radius 2 is 1.97 bits per heavy atom. The van der Waals surface area contributed by atoms with Crippen LogP contribution in [0.3, 0.4) is 0 Å². The first-order chi connectivity index (χ1) is 15.1. The number of para-hydroxylation sites is 1. The Labute approximate surface area is 184 Å². The van der Waals surface area contributed by atoms with E-state index in [4.69, 9.17) is 4.98 Å². The topological polar surface area (TPSA) is 115 Å². The lowest BCUT2D eigenvalue weighted by atomic mass is 10.2. The number of nitriles is 1. The van der Waals surface area contributed by atoms with Crippen molar-refractivity contribution in [3.05, 3.63) is 79.1 Å². The third-order valence-electron chi connectivity index (χ3n) is 5.07. The molecule has 5 rings (SSSR count). The van der Waals surface area contributed by atoms with Gasteiger partial charge in [-0.3, -0.25) is 19.5 Å². The van der Waals surface area contributed by atoms with Crippen molar-refractivity contribution in [2.45, 2.75) is 29.4 Å². The molecule has 1 aliphatic rings. The minimum atomic E-state index is -0.641. The molecular weight excluding hydrogens is 434 g/mol. The SMILES string of the molecule is N#Cc1nc(Sc2nc3sc4c(c3c(=O)n2-c2ccccc2)CCC4)ccc1[N+](=O)[O-]. The highest BCUT2D eigenvalue weighted by Gasteiger charge is 2.25. The molecule has 0 radical (unpaired) electrons. The summed E-state index contributed by atoms with van der Waals surface area (Å²) >= 11 is 2.65. The minimum Gasteiger partial charge on any atom is -0.268 e. The van der Waals surface area contributed by atoms with Crippen LogP contribution in [0, 0.1) is 21.4 Å². The molecule has 3 heterocycles. The number of rotatable bonds is 4. The summed E-state index contributed by atoms with van der Waals surface area (Å²) < 4.78 is 1.55. The lowest BCUT2D eigenvalue weighted by Crippen LogP contribution is -2.21. The predicted molar refractivity (Wildman–Crippen MR) is 117 cm³/mol. The number of fused-ring (bicyclic) bond motifs is 3. The van der Waals surface area contributed by atoms with Crippen LogP contribution in [0.15, 0.2) is 57.4 Å². The summed E-state index contributed by atoms with van der Waals surface area (Å²) in [6.45, 7) is 0. The van der Waals surface area contributed by atoms with E-state index < -0.39 is 4.92 Å². The second-order valence-electron chi connectivity index (χ2n) is 6.90. The van der Waals surface area contributed by atoms with Gasteiger partial charge in [0.25, 0.3) is 5.56 Å². The van der Waals surface area contributed by atoms with Crippen LogP contribution >= 0.6 is 23.1 Å². The number of pyridine rings is 1. The number of benzene rings is 1. The van der Waals surface area contributed by atoms with Gasteiger partial charge in [-0.2, -0.15) is 5.26 Å². The predicted octanol–water partition coefficient (Wildman–Crippen LogP) is 4.26. The van der Waals surface area contributed by atoms with Gasteiger partial charge in [0.2, 0.25) is 5.69 Å². The third kappa shape index (κ3) is 3.28. The van der Waals surface area contributed by atoms with Gasteiger partial charge < -0.3 is 0 Å². The van der Waals surface area contributed by atoms with Crippen molar-refractivity contribution in [1.29, 1.82) is 5.26 Å². The molecule has 8 nitrogen and oxygen atoms in total. The van der Waals surface area contributed by atoms with Crippen LogP contribution < -0.4 is 5.56 Å². The summed E-state index contributed by atoms with van der Waals surface area (Å²) in [5.74, 6) is 0. The number of aryl methyl sites for hydroxylation is 2. The molecule has 0 unspecified atom stereocenters.